The van der Waals surface area contributed by atoms with Crippen LogP contribution in [0.25, 0.3) is 0 Å². The van der Waals surface area contributed by atoms with Crippen LogP contribution >= 0.6 is 0 Å². The van der Waals surface area contributed by atoms with Crippen LogP contribution in [0.15, 0.2) is 84.0 Å². The highest BCUT2D eigenvalue weighted by Crippen LogP contribution is 2.23. The van der Waals surface area contributed by atoms with Crippen LogP contribution in [0.2, 0.25) is 0 Å². The number of benzene rings is 3. The predicted molar refractivity (Wildman–Crippen MR) is 106 cm³/mol. The van der Waals surface area contributed by atoms with E-state index in [9.17, 15) is 9.59 Å². The van der Waals surface area contributed by atoms with Gasteiger partial charge in [0.15, 0.2) is 0 Å². The fourth-order valence-electron chi connectivity index (χ4n) is 3.14. The average Bonchev–Trinajstić information content (AvgIpc) is 3.02. The molecular formula is C23H18N2O3. The van der Waals surface area contributed by atoms with Crippen molar-refractivity contribution in [3.63, 3.8) is 0 Å². The van der Waals surface area contributed by atoms with E-state index >= 15 is 0 Å². The highest BCUT2D eigenvalue weighted by molar-refractivity contribution is 6.17. The van der Waals surface area contributed by atoms with Crippen LogP contribution in [0.1, 0.15) is 37.4 Å². The first-order valence-electron chi connectivity index (χ1n) is 8.97. The van der Waals surface area contributed by atoms with Gasteiger partial charge in [0, 0.05) is 5.56 Å². The first-order valence-corrected chi connectivity index (χ1v) is 8.97. The minimum absolute atomic E-state index is 0.274. The van der Waals surface area contributed by atoms with Crippen molar-refractivity contribution >= 4 is 18.2 Å². The number of hydrogen-bond donors (Lipinski definition) is 0. The molecule has 1 aliphatic heterocycles. The third kappa shape index (κ3) is 3.83. The predicted octanol–water partition coefficient (Wildman–Crippen LogP) is 4.03. The molecular weight excluding hydrogens is 352 g/mol. The van der Waals surface area contributed by atoms with Crippen molar-refractivity contribution in [2.75, 3.05) is 0 Å². The number of hydrogen-bond acceptors (Lipinski definition) is 5. The molecule has 28 heavy (non-hydrogen) atoms. The molecule has 0 amide bonds. The van der Waals surface area contributed by atoms with Gasteiger partial charge in [0.2, 0.25) is 0 Å². The molecule has 3 aromatic rings. The van der Waals surface area contributed by atoms with Gasteiger partial charge in [-0.2, -0.15) is 5.10 Å². The van der Waals surface area contributed by atoms with E-state index in [0.717, 1.165) is 11.1 Å². The van der Waals surface area contributed by atoms with Gasteiger partial charge in [-0.1, -0.05) is 72.8 Å². The Hall–Kier alpha value is -3.73. The van der Waals surface area contributed by atoms with Gasteiger partial charge in [0.1, 0.15) is 0 Å². The first-order chi connectivity index (χ1) is 13.7. The standard InChI is InChI=1S/C23H18N2O3/c26-22-20-13-7-12-19(21(20)23(27)28-22)14-24-25(15-17-8-3-1-4-9-17)16-18-10-5-2-6-11-18/h1-14H,15-16H2/b24-14-. The molecule has 0 aromatic heterocycles. The maximum atomic E-state index is 12.0. The van der Waals surface area contributed by atoms with Crippen LogP contribution in [0, 0.1) is 0 Å². The summed E-state index contributed by atoms with van der Waals surface area (Å²) in [6.07, 6.45) is 1.62. The number of carbonyl (C=O) groups excluding carboxylic acids is 2. The van der Waals surface area contributed by atoms with E-state index in [1.165, 1.54) is 0 Å². The molecule has 5 heteroatoms. The number of nitrogens with zero attached hydrogens (tertiary/aromatic N) is 2. The Morgan fingerprint density at radius 1 is 0.750 bits per heavy atom. The lowest BCUT2D eigenvalue weighted by Gasteiger charge is -2.19. The zero-order valence-corrected chi connectivity index (χ0v) is 15.1. The molecule has 4 rings (SSSR count). The SMILES string of the molecule is O=C1OC(=O)c2c(/C=N\N(Cc3ccccc3)Cc3ccccc3)cccc21. The van der Waals surface area contributed by atoms with Gasteiger partial charge < -0.3 is 4.74 Å². The Balaban J connectivity index is 1.62. The Bertz CT molecular complexity index is 989. The van der Waals surface area contributed by atoms with Crippen LogP contribution in [0.3, 0.4) is 0 Å². The number of fused-ring (bicyclic) bond motifs is 1. The summed E-state index contributed by atoms with van der Waals surface area (Å²) in [4.78, 5) is 23.8. The smallest absolute Gasteiger partial charge is 0.347 e. The van der Waals surface area contributed by atoms with E-state index in [1.807, 2.05) is 65.7 Å². The van der Waals surface area contributed by atoms with Crippen molar-refractivity contribution in [1.82, 2.24) is 5.01 Å². The second-order valence-electron chi connectivity index (χ2n) is 6.49. The van der Waals surface area contributed by atoms with E-state index in [0.29, 0.717) is 18.7 Å². The highest BCUT2D eigenvalue weighted by Gasteiger charge is 2.31. The van der Waals surface area contributed by atoms with Crippen molar-refractivity contribution in [2.24, 2.45) is 5.10 Å². The molecule has 138 valence electrons. The summed E-state index contributed by atoms with van der Waals surface area (Å²) in [6, 6.07) is 25.2. The number of ether oxygens (including phenoxy) is 1. The zero-order valence-electron chi connectivity index (χ0n) is 15.1. The largest absolute Gasteiger partial charge is 0.386 e. The second kappa shape index (κ2) is 7.88. The maximum absolute atomic E-state index is 12.0. The molecule has 0 saturated heterocycles. The minimum atomic E-state index is -0.625. The van der Waals surface area contributed by atoms with E-state index in [4.69, 9.17) is 4.74 Å². The van der Waals surface area contributed by atoms with Gasteiger partial charge in [-0.25, -0.2) is 9.59 Å². The first kappa shape index (κ1) is 17.7. The monoisotopic (exact) mass is 370 g/mol. The summed E-state index contributed by atoms with van der Waals surface area (Å²) in [5.74, 6) is -1.24. The third-order valence-corrected chi connectivity index (χ3v) is 4.48. The molecule has 0 bridgehead atoms. The van der Waals surface area contributed by atoms with E-state index in [-0.39, 0.29) is 11.1 Å². The molecule has 1 heterocycles. The lowest BCUT2D eigenvalue weighted by molar-refractivity contribution is 0.0443. The molecule has 0 fully saturated rings. The molecule has 0 spiro atoms. The Kier molecular flexibility index (Phi) is 4.97. The second-order valence-corrected chi connectivity index (χ2v) is 6.49. The van der Waals surface area contributed by atoms with E-state index < -0.39 is 11.9 Å². The molecule has 0 atom stereocenters. The molecule has 1 aliphatic rings. The van der Waals surface area contributed by atoms with Gasteiger partial charge >= 0.3 is 11.9 Å². The molecule has 0 unspecified atom stereocenters. The lowest BCUT2D eigenvalue weighted by Crippen LogP contribution is -2.17. The zero-order chi connectivity index (χ0) is 19.3. The summed E-state index contributed by atoms with van der Waals surface area (Å²) < 4.78 is 4.72. The van der Waals surface area contributed by atoms with Crippen LogP contribution in [0.4, 0.5) is 0 Å². The van der Waals surface area contributed by atoms with Gasteiger partial charge in [-0.15, -0.1) is 0 Å². The quantitative estimate of drug-likeness (QED) is 0.284. The van der Waals surface area contributed by atoms with Gasteiger partial charge in [-0.05, 0) is 17.2 Å². The van der Waals surface area contributed by atoms with Gasteiger partial charge in [-0.3, -0.25) is 5.01 Å². The third-order valence-electron chi connectivity index (χ3n) is 4.48. The number of esters is 2. The summed E-state index contributed by atoms with van der Waals surface area (Å²) >= 11 is 0. The fourth-order valence-corrected chi connectivity index (χ4v) is 3.14. The van der Waals surface area contributed by atoms with Gasteiger partial charge in [0.05, 0.1) is 30.4 Å². The number of carbonyl (C=O) groups is 2. The van der Waals surface area contributed by atoms with Crippen LogP contribution in [-0.2, 0) is 17.8 Å². The number of hydrazone groups is 1. The lowest BCUT2D eigenvalue weighted by atomic mass is 10.0. The van der Waals surface area contributed by atoms with Crippen molar-refractivity contribution in [2.45, 2.75) is 13.1 Å². The summed E-state index contributed by atoms with van der Waals surface area (Å²) in [7, 11) is 0. The maximum Gasteiger partial charge on any atom is 0.347 e. The Labute approximate surface area is 162 Å². The average molecular weight is 370 g/mol. The fraction of sp³-hybridized carbons (Fsp3) is 0.0870. The van der Waals surface area contributed by atoms with Crippen molar-refractivity contribution in [3.05, 3.63) is 107 Å². The molecule has 0 N–H and O–H groups in total. The van der Waals surface area contributed by atoms with Crippen molar-refractivity contribution in [3.8, 4) is 0 Å². The summed E-state index contributed by atoms with van der Waals surface area (Å²) in [5.41, 5.74) is 3.38. The molecule has 0 radical (unpaired) electrons. The Morgan fingerprint density at radius 2 is 1.36 bits per heavy atom. The van der Waals surface area contributed by atoms with Crippen LogP contribution < -0.4 is 0 Å². The number of cyclic esters (lactones) is 2. The van der Waals surface area contributed by atoms with E-state index in [1.54, 1.807) is 24.4 Å². The van der Waals surface area contributed by atoms with Gasteiger partial charge in [0.25, 0.3) is 0 Å². The highest BCUT2D eigenvalue weighted by atomic mass is 16.6. The van der Waals surface area contributed by atoms with Crippen LogP contribution in [-0.4, -0.2) is 23.2 Å². The van der Waals surface area contributed by atoms with Crippen LogP contribution in [0.5, 0.6) is 0 Å². The summed E-state index contributed by atoms with van der Waals surface area (Å²) in [5, 5.41) is 6.53. The normalized spacial score (nSPS) is 12.9. The summed E-state index contributed by atoms with van der Waals surface area (Å²) in [6.45, 7) is 1.23. The van der Waals surface area contributed by atoms with Crippen molar-refractivity contribution in [1.29, 1.82) is 0 Å². The topological polar surface area (TPSA) is 59.0 Å². The van der Waals surface area contributed by atoms with Crippen molar-refractivity contribution < 1.29 is 14.3 Å². The van der Waals surface area contributed by atoms with E-state index in [2.05, 4.69) is 5.10 Å². The molecule has 0 saturated carbocycles. The Morgan fingerprint density at radius 3 is 1.96 bits per heavy atom. The number of rotatable bonds is 6. The molecule has 3 aromatic carbocycles. The molecule has 0 aliphatic carbocycles. The minimum Gasteiger partial charge on any atom is -0.386 e. The molecule has 5 nitrogen and oxygen atoms in total.